The van der Waals surface area contributed by atoms with E-state index in [4.69, 9.17) is 14.3 Å². The van der Waals surface area contributed by atoms with Crippen molar-refractivity contribution in [2.45, 2.75) is 27.4 Å². The van der Waals surface area contributed by atoms with Crippen molar-refractivity contribution in [2.75, 3.05) is 6.79 Å². The zero-order valence-electron chi connectivity index (χ0n) is 19.0. The van der Waals surface area contributed by atoms with Crippen molar-refractivity contribution in [1.29, 1.82) is 0 Å². The summed E-state index contributed by atoms with van der Waals surface area (Å²) in [6, 6.07) is 27.0. The molecule has 0 amide bonds. The molecule has 0 atom stereocenters. The number of aromatic nitrogens is 1. The van der Waals surface area contributed by atoms with E-state index < -0.39 is 0 Å². The topological polar surface area (TPSA) is 45.0 Å². The third-order valence-electron chi connectivity index (χ3n) is 5.84. The maximum atomic E-state index is 5.71. The molecule has 166 valence electrons. The quantitative estimate of drug-likeness (QED) is 0.257. The van der Waals surface area contributed by atoms with Crippen molar-refractivity contribution in [3.05, 3.63) is 101 Å². The molecule has 1 aliphatic heterocycles. The van der Waals surface area contributed by atoms with Crippen LogP contribution >= 0.6 is 0 Å². The van der Waals surface area contributed by atoms with Crippen LogP contribution in [0.3, 0.4) is 0 Å². The number of aryl methyl sites for hydroxylation is 1. The van der Waals surface area contributed by atoms with Gasteiger partial charge in [-0.2, -0.15) is 0 Å². The molecule has 1 aliphatic rings. The maximum Gasteiger partial charge on any atom is 0.231 e. The molecule has 4 aromatic rings. The molecule has 0 saturated heterocycles. The van der Waals surface area contributed by atoms with Crippen molar-refractivity contribution in [2.24, 2.45) is 5.16 Å². The monoisotopic (exact) mass is 438 g/mol. The van der Waals surface area contributed by atoms with E-state index >= 15 is 0 Å². The third-order valence-corrected chi connectivity index (χ3v) is 5.84. The highest BCUT2D eigenvalue weighted by Gasteiger charge is 2.17. The standard InChI is InChI=1S/C28H26N2O3/c1-19-8-7-11-24(14-19)30-21(3)25(16-26(30)23-9-5-4-6-10-23)20(2)29-33-17-22-12-13-27-28(15-22)32-18-31-27/h4-16H,17-18H2,1-3H3/b29-20-. The van der Waals surface area contributed by atoms with Gasteiger partial charge in [0.15, 0.2) is 11.5 Å². The minimum absolute atomic E-state index is 0.262. The van der Waals surface area contributed by atoms with Crippen LogP contribution in [0.2, 0.25) is 0 Å². The lowest BCUT2D eigenvalue weighted by molar-refractivity contribution is 0.130. The lowest BCUT2D eigenvalue weighted by Gasteiger charge is -2.13. The second kappa shape index (κ2) is 8.87. The van der Waals surface area contributed by atoms with Gasteiger partial charge in [0.05, 0.1) is 11.4 Å². The Bertz CT molecular complexity index is 1320. The fourth-order valence-corrected chi connectivity index (χ4v) is 4.18. The first-order chi connectivity index (χ1) is 16.1. The Kier molecular flexibility index (Phi) is 5.61. The van der Waals surface area contributed by atoms with Crippen LogP contribution in [0.5, 0.6) is 11.5 Å². The molecule has 1 aromatic heterocycles. The lowest BCUT2D eigenvalue weighted by Crippen LogP contribution is -2.03. The molecular weight excluding hydrogens is 412 g/mol. The molecule has 0 aliphatic carbocycles. The smallest absolute Gasteiger partial charge is 0.231 e. The number of fused-ring (bicyclic) bond motifs is 1. The van der Waals surface area contributed by atoms with E-state index in [0.29, 0.717) is 6.61 Å². The second-order valence-corrected chi connectivity index (χ2v) is 8.21. The summed E-state index contributed by atoms with van der Waals surface area (Å²) >= 11 is 0. The fraction of sp³-hybridized carbons (Fsp3) is 0.179. The van der Waals surface area contributed by atoms with Gasteiger partial charge < -0.3 is 18.9 Å². The van der Waals surface area contributed by atoms with Gasteiger partial charge >= 0.3 is 0 Å². The van der Waals surface area contributed by atoms with Crippen LogP contribution in [0.25, 0.3) is 16.9 Å². The van der Waals surface area contributed by atoms with Crippen LogP contribution in [-0.2, 0) is 11.4 Å². The van der Waals surface area contributed by atoms with Gasteiger partial charge in [-0.15, -0.1) is 0 Å². The molecule has 5 nitrogen and oxygen atoms in total. The summed E-state index contributed by atoms with van der Waals surface area (Å²) in [6.07, 6.45) is 0. The van der Waals surface area contributed by atoms with Crippen molar-refractivity contribution >= 4 is 5.71 Å². The summed E-state index contributed by atoms with van der Waals surface area (Å²) in [6.45, 7) is 6.84. The zero-order chi connectivity index (χ0) is 22.8. The van der Waals surface area contributed by atoms with E-state index in [0.717, 1.165) is 51.0 Å². The molecule has 0 spiro atoms. The van der Waals surface area contributed by atoms with Crippen LogP contribution in [0.15, 0.2) is 84.0 Å². The summed E-state index contributed by atoms with van der Waals surface area (Å²) in [5.41, 5.74) is 8.62. The van der Waals surface area contributed by atoms with Gasteiger partial charge in [0.2, 0.25) is 6.79 Å². The Morgan fingerprint density at radius 1 is 0.909 bits per heavy atom. The van der Waals surface area contributed by atoms with Crippen LogP contribution in [0, 0.1) is 13.8 Å². The van der Waals surface area contributed by atoms with Gasteiger partial charge in [-0.25, -0.2) is 0 Å². The van der Waals surface area contributed by atoms with Crippen molar-refractivity contribution < 1.29 is 14.3 Å². The number of ether oxygens (including phenoxy) is 2. The summed E-state index contributed by atoms with van der Waals surface area (Å²) in [4.78, 5) is 5.71. The molecule has 2 heterocycles. The average molecular weight is 439 g/mol. The fourth-order valence-electron chi connectivity index (χ4n) is 4.18. The van der Waals surface area contributed by atoms with Crippen LogP contribution in [0.4, 0.5) is 0 Å². The minimum Gasteiger partial charge on any atom is -0.454 e. The molecule has 5 heteroatoms. The van der Waals surface area contributed by atoms with Gasteiger partial charge in [0.1, 0.15) is 6.61 Å². The van der Waals surface area contributed by atoms with Crippen LogP contribution in [0.1, 0.15) is 29.3 Å². The first-order valence-electron chi connectivity index (χ1n) is 11.0. The Morgan fingerprint density at radius 2 is 1.73 bits per heavy atom. The number of oxime groups is 1. The first kappa shape index (κ1) is 20.9. The second-order valence-electron chi connectivity index (χ2n) is 8.21. The minimum atomic E-state index is 0.262. The molecule has 33 heavy (non-hydrogen) atoms. The van der Waals surface area contributed by atoms with Gasteiger partial charge in [-0.1, -0.05) is 53.7 Å². The Labute approximate surface area is 193 Å². The number of rotatable bonds is 6. The average Bonchev–Trinajstić information content (AvgIpc) is 3.43. The summed E-state index contributed by atoms with van der Waals surface area (Å²) in [5, 5.41) is 4.43. The largest absolute Gasteiger partial charge is 0.454 e. The van der Waals surface area contributed by atoms with Gasteiger partial charge in [-0.05, 0) is 67.8 Å². The highest BCUT2D eigenvalue weighted by molar-refractivity contribution is 6.01. The van der Waals surface area contributed by atoms with Crippen LogP contribution < -0.4 is 9.47 Å². The van der Waals surface area contributed by atoms with E-state index in [1.807, 2.05) is 31.2 Å². The number of benzene rings is 3. The molecular formula is C28H26N2O3. The van der Waals surface area contributed by atoms with Gasteiger partial charge in [0.25, 0.3) is 0 Å². The van der Waals surface area contributed by atoms with Crippen molar-refractivity contribution in [3.63, 3.8) is 0 Å². The van der Waals surface area contributed by atoms with Crippen molar-refractivity contribution in [1.82, 2.24) is 4.57 Å². The zero-order valence-corrected chi connectivity index (χ0v) is 19.0. The normalized spacial score (nSPS) is 12.8. The molecule has 5 rings (SSSR count). The first-order valence-corrected chi connectivity index (χ1v) is 11.0. The summed E-state index contributed by atoms with van der Waals surface area (Å²) < 4.78 is 13.1. The van der Waals surface area contributed by atoms with Crippen LogP contribution in [-0.4, -0.2) is 17.1 Å². The molecule has 3 aromatic carbocycles. The molecule has 0 saturated carbocycles. The van der Waals surface area contributed by atoms with Gasteiger partial charge in [0, 0.05) is 16.9 Å². The van der Waals surface area contributed by atoms with E-state index in [1.165, 1.54) is 5.56 Å². The highest BCUT2D eigenvalue weighted by Crippen LogP contribution is 2.33. The summed E-state index contributed by atoms with van der Waals surface area (Å²) in [5.74, 6) is 1.51. The maximum absolute atomic E-state index is 5.71. The third kappa shape index (κ3) is 4.22. The molecule has 0 fully saturated rings. The number of hydrogen-bond donors (Lipinski definition) is 0. The molecule has 0 bridgehead atoms. The predicted octanol–water partition coefficient (Wildman–Crippen LogP) is 6.43. The SMILES string of the molecule is C/C(=N/OCc1ccc2c(c1)OCO2)c1cc(-c2ccccc2)n(-c2cccc(C)c2)c1C. The lowest BCUT2D eigenvalue weighted by atomic mass is 10.1. The van der Waals surface area contributed by atoms with E-state index in [2.05, 4.69) is 78.2 Å². The highest BCUT2D eigenvalue weighted by atomic mass is 16.7. The van der Waals surface area contributed by atoms with Gasteiger partial charge in [-0.3, -0.25) is 0 Å². The Morgan fingerprint density at radius 3 is 2.55 bits per heavy atom. The molecule has 0 radical (unpaired) electrons. The Balaban J connectivity index is 1.46. The number of hydrogen-bond acceptors (Lipinski definition) is 4. The van der Waals surface area contributed by atoms with E-state index in [9.17, 15) is 0 Å². The summed E-state index contributed by atoms with van der Waals surface area (Å²) in [7, 11) is 0. The van der Waals surface area contributed by atoms with Crippen molar-refractivity contribution in [3.8, 4) is 28.4 Å². The predicted molar refractivity (Wildman–Crippen MR) is 130 cm³/mol. The van der Waals surface area contributed by atoms with E-state index in [1.54, 1.807) is 0 Å². The molecule has 0 N–H and O–H groups in total. The van der Waals surface area contributed by atoms with E-state index in [-0.39, 0.29) is 6.79 Å². The Hall–Kier alpha value is -3.99. The molecule has 0 unspecified atom stereocenters. The number of nitrogens with zero attached hydrogens (tertiary/aromatic N) is 2.